The zero-order valence-corrected chi connectivity index (χ0v) is 14.4. The van der Waals surface area contributed by atoms with E-state index in [1.54, 1.807) is 0 Å². The summed E-state index contributed by atoms with van der Waals surface area (Å²) < 4.78 is 39.6. The molecule has 0 spiro atoms. The molecule has 2 rings (SSSR count). The van der Waals surface area contributed by atoms with Crippen LogP contribution >= 0.6 is 0 Å². The van der Waals surface area contributed by atoms with Gasteiger partial charge in [-0.2, -0.15) is 0 Å². The zero-order valence-electron chi connectivity index (χ0n) is 14.4. The summed E-state index contributed by atoms with van der Waals surface area (Å²) >= 11 is 0. The SMILES string of the molecule is CC(=O)c1ccc(NC(=O)/C=C(\C)C(=O)Nc2ccc(F)c(F)c2F)cc1. The highest BCUT2D eigenvalue weighted by Crippen LogP contribution is 2.20. The van der Waals surface area contributed by atoms with Gasteiger partial charge in [0.2, 0.25) is 5.91 Å². The fraction of sp³-hybridized carbons (Fsp3) is 0.105. The second-order valence-electron chi connectivity index (χ2n) is 5.63. The van der Waals surface area contributed by atoms with Crippen LogP contribution in [0.25, 0.3) is 0 Å². The van der Waals surface area contributed by atoms with Gasteiger partial charge in [-0.25, -0.2) is 13.2 Å². The summed E-state index contributed by atoms with van der Waals surface area (Å²) in [6, 6.07) is 7.66. The molecule has 0 aromatic heterocycles. The summed E-state index contributed by atoms with van der Waals surface area (Å²) in [5.74, 6) is -6.24. The topological polar surface area (TPSA) is 75.3 Å². The minimum atomic E-state index is -1.71. The lowest BCUT2D eigenvalue weighted by Crippen LogP contribution is -2.17. The number of halogens is 3. The van der Waals surface area contributed by atoms with E-state index in [0.29, 0.717) is 17.3 Å². The van der Waals surface area contributed by atoms with E-state index < -0.39 is 35.0 Å². The van der Waals surface area contributed by atoms with E-state index in [1.807, 2.05) is 0 Å². The van der Waals surface area contributed by atoms with Crippen molar-refractivity contribution in [2.24, 2.45) is 0 Å². The molecular weight excluding hydrogens is 361 g/mol. The van der Waals surface area contributed by atoms with Gasteiger partial charge in [0, 0.05) is 22.9 Å². The summed E-state index contributed by atoms with van der Waals surface area (Å²) in [5, 5.41) is 4.56. The van der Waals surface area contributed by atoms with Crippen LogP contribution in [0.4, 0.5) is 24.5 Å². The molecule has 140 valence electrons. The van der Waals surface area contributed by atoms with E-state index in [9.17, 15) is 27.6 Å². The molecule has 0 atom stereocenters. The molecule has 0 aliphatic carbocycles. The number of rotatable bonds is 5. The third-order valence-electron chi connectivity index (χ3n) is 3.55. The second kappa shape index (κ2) is 8.31. The number of hydrogen-bond acceptors (Lipinski definition) is 3. The van der Waals surface area contributed by atoms with Crippen molar-refractivity contribution in [2.45, 2.75) is 13.8 Å². The van der Waals surface area contributed by atoms with E-state index in [1.165, 1.54) is 38.1 Å². The normalized spacial score (nSPS) is 11.1. The molecule has 2 aromatic rings. The van der Waals surface area contributed by atoms with Crippen LogP contribution in [0.5, 0.6) is 0 Å². The van der Waals surface area contributed by atoms with Crippen molar-refractivity contribution in [3.8, 4) is 0 Å². The lowest BCUT2D eigenvalue weighted by Gasteiger charge is -2.08. The molecule has 0 bridgehead atoms. The summed E-state index contributed by atoms with van der Waals surface area (Å²) in [6.45, 7) is 2.71. The van der Waals surface area contributed by atoms with Gasteiger partial charge in [0.05, 0.1) is 5.69 Å². The van der Waals surface area contributed by atoms with Gasteiger partial charge in [0.25, 0.3) is 5.91 Å². The molecule has 0 saturated heterocycles. The molecule has 0 radical (unpaired) electrons. The molecular formula is C19H15F3N2O3. The van der Waals surface area contributed by atoms with E-state index in [4.69, 9.17) is 0 Å². The Kier molecular flexibility index (Phi) is 6.12. The average molecular weight is 376 g/mol. The Morgan fingerprint density at radius 3 is 2.07 bits per heavy atom. The Hall–Kier alpha value is -3.42. The van der Waals surface area contributed by atoms with Crippen molar-refractivity contribution < 1.29 is 27.6 Å². The van der Waals surface area contributed by atoms with Gasteiger partial charge in [-0.05, 0) is 50.2 Å². The average Bonchev–Trinajstić information content (AvgIpc) is 2.62. The fourth-order valence-corrected chi connectivity index (χ4v) is 2.07. The third kappa shape index (κ3) is 5.04. The highest BCUT2D eigenvalue weighted by Gasteiger charge is 2.16. The number of nitrogens with one attached hydrogen (secondary N) is 2. The first-order chi connectivity index (χ1) is 12.7. The van der Waals surface area contributed by atoms with Crippen LogP contribution in [-0.4, -0.2) is 17.6 Å². The molecule has 0 fully saturated rings. The van der Waals surface area contributed by atoms with Gasteiger partial charge in [-0.3, -0.25) is 14.4 Å². The third-order valence-corrected chi connectivity index (χ3v) is 3.55. The summed E-state index contributed by atoms with van der Waals surface area (Å²) in [7, 11) is 0. The van der Waals surface area contributed by atoms with Crippen LogP contribution in [0.15, 0.2) is 48.0 Å². The number of amides is 2. The summed E-state index contributed by atoms with van der Waals surface area (Å²) in [5.41, 5.74) is 0.248. The maximum absolute atomic E-state index is 13.6. The first-order valence-electron chi connectivity index (χ1n) is 7.74. The molecule has 0 aliphatic heterocycles. The monoisotopic (exact) mass is 376 g/mol. The largest absolute Gasteiger partial charge is 0.323 e. The Labute approximate surface area is 152 Å². The van der Waals surface area contributed by atoms with Gasteiger partial charge in [0.1, 0.15) is 0 Å². The number of carbonyl (C=O) groups is 3. The van der Waals surface area contributed by atoms with E-state index in [2.05, 4.69) is 10.6 Å². The molecule has 0 saturated carbocycles. The molecule has 2 amide bonds. The van der Waals surface area contributed by atoms with Crippen molar-refractivity contribution in [2.75, 3.05) is 10.6 Å². The first kappa shape index (κ1) is 19.9. The number of Topliss-reactive ketones (excluding diaryl/α,β-unsaturated/α-hetero) is 1. The van der Waals surface area contributed by atoms with Crippen LogP contribution in [0.1, 0.15) is 24.2 Å². The van der Waals surface area contributed by atoms with Crippen LogP contribution < -0.4 is 10.6 Å². The molecule has 0 aliphatic rings. The van der Waals surface area contributed by atoms with E-state index in [0.717, 1.165) is 12.1 Å². The minimum absolute atomic E-state index is 0.0861. The van der Waals surface area contributed by atoms with Gasteiger partial charge < -0.3 is 10.6 Å². The lowest BCUT2D eigenvalue weighted by atomic mass is 10.1. The molecule has 5 nitrogen and oxygen atoms in total. The predicted molar refractivity (Wildman–Crippen MR) is 93.8 cm³/mol. The van der Waals surface area contributed by atoms with Crippen LogP contribution in [0.2, 0.25) is 0 Å². The van der Waals surface area contributed by atoms with Gasteiger partial charge in [0.15, 0.2) is 23.2 Å². The number of benzene rings is 2. The number of carbonyl (C=O) groups excluding carboxylic acids is 3. The Bertz CT molecular complexity index is 938. The van der Waals surface area contributed by atoms with Gasteiger partial charge in [-0.15, -0.1) is 0 Å². The highest BCUT2D eigenvalue weighted by atomic mass is 19.2. The Balaban J connectivity index is 2.05. The van der Waals surface area contributed by atoms with E-state index in [-0.39, 0.29) is 11.4 Å². The molecule has 0 heterocycles. The van der Waals surface area contributed by atoms with Crippen molar-refractivity contribution in [1.82, 2.24) is 0 Å². The van der Waals surface area contributed by atoms with Gasteiger partial charge >= 0.3 is 0 Å². The molecule has 0 unspecified atom stereocenters. The Morgan fingerprint density at radius 1 is 0.852 bits per heavy atom. The fourth-order valence-electron chi connectivity index (χ4n) is 2.07. The summed E-state index contributed by atoms with van der Waals surface area (Å²) in [6.07, 6.45) is 0.964. The van der Waals surface area contributed by atoms with Crippen molar-refractivity contribution in [3.05, 3.63) is 71.1 Å². The molecule has 2 N–H and O–H groups in total. The van der Waals surface area contributed by atoms with E-state index >= 15 is 0 Å². The van der Waals surface area contributed by atoms with Crippen molar-refractivity contribution in [3.63, 3.8) is 0 Å². The highest BCUT2D eigenvalue weighted by molar-refractivity contribution is 6.10. The predicted octanol–water partition coefficient (Wildman–Crippen LogP) is 3.83. The number of hydrogen-bond donors (Lipinski definition) is 2. The maximum Gasteiger partial charge on any atom is 0.251 e. The van der Waals surface area contributed by atoms with Gasteiger partial charge in [-0.1, -0.05) is 0 Å². The maximum atomic E-state index is 13.6. The second-order valence-corrected chi connectivity index (χ2v) is 5.63. The minimum Gasteiger partial charge on any atom is -0.323 e. The summed E-state index contributed by atoms with van der Waals surface area (Å²) in [4.78, 5) is 35.1. The molecule has 2 aromatic carbocycles. The lowest BCUT2D eigenvalue weighted by molar-refractivity contribution is -0.114. The molecule has 8 heteroatoms. The first-order valence-corrected chi connectivity index (χ1v) is 7.74. The zero-order chi connectivity index (χ0) is 20.1. The van der Waals surface area contributed by atoms with Crippen molar-refractivity contribution >= 4 is 29.0 Å². The van der Waals surface area contributed by atoms with Crippen molar-refractivity contribution in [1.29, 1.82) is 0 Å². The number of ketones is 1. The Morgan fingerprint density at radius 2 is 1.48 bits per heavy atom. The smallest absolute Gasteiger partial charge is 0.251 e. The quantitative estimate of drug-likeness (QED) is 0.473. The molecule has 27 heavy (non-hydrogen) atoms. The van der Waals surface area contributed by atoms with Crippen LogP contribution in [0, 0.1) is 17.5 Å². The standard InChI is InChI=1S/C19H15F3N2O3/c1-10(19(27)24-15-8-7-14(20)17(21)18(15)22)9-16(26)23-13-5-3-12(4-6-13)11(2)25/h3-9H,1-2H3,(H,23,26)(H,24,27)/b10-9+. The van der Waals surface area contributed by atoms with Crippen LogP contribution in [-0.2, 0) is 9.59 Å². The van der Waals surface area contributed by atoms with Crippen LogP contribution in [0.3, 0.4) is 0 Å². The number of anilines is 2.